The Bertz CT molecular complexity index is 1860. The predicted molar refractivity (Wildman–Crippen MR) is 181 cm³/mol. The summed E-state index contributed by atoms with van der Waals surface area (Å²) >= 11 is 0. The number of amides is 1. The number of benzene rings is 3. The van der Waals surface area contributed by atoms with Crippen LogP contribution in [0.2, 0.25) is 0 Å². The van der Waals surface area contributed by atoms with E-state index in [1.54, 1.807) is 12.1 Å². The molecule has 9 heteroatoms. The predicted octanol–water partition coefficient (Wildman–Crippen LogP) is 7.18. The Kier molecular flexibility index (Phi) is 8.56. The number of hydrogen-bond donors (Lipinski definition) is 0. The number of carbonyl (C=O) groups is 1. The molecule has 7 nitrogen and oxygen atoms in total. The van der Waals surface area contributed by atoms with E-state index in [0.717, 1.165) is 35.8 Å². The normalized spacial score (nSPS) is 23.6. The Labute approximate surface area is 275 Å². The van der Waals surface area contributed by atoms with Crippen LogP contribution in [-0.2, 0) is 11.2 Å². The first-order chi connectivity index (χ1) is 22.7. The van der Waals surface area contributed by atoms with Crippen molar-refractivity contribution in [3.05, 3.63) is 65.5 Å². The van der Waals surface area contributed by atoms with Gasteiger partial charge in [-0.05, 0) is 80.1 Å². The highest BCUT2D eigenvalue weighted by Gasteiger charge is 2.43. The molecule has 2 bridgehead atoms. The smallest absolute Gasteiger partial charge is 0.237 e. The van der Waals surface area contributed by atoms with E-state index in [1.807, 2.05) is 49.1 Å². The number of aryl methyl sites for hydroxylation is 2. The summed E-state index contributed by atoms with van der Waals surface area (Å²) in [5.41, 5.74) is 1.92. The summed E-state index contributed by atoms with van der Waals surface area (Å²) in [4.78, 5) is 28.6. The topological polar surface area (TPSA) is 76.4 Å². The number of carbonyl (C=O) groups excluding carboxylic acids is 1. The number of fused-ring (bicyclic) bond motifs is 5. The number of nitrogens with zero attached hydrogens (tertiary/aromatic N) is 6. The van der Waals surface area contributed by atoms with E-state index in [4.69, 9.17) is 10.2 Å². The standard InChI is InChI=1S/C30H27F2N5O.C8H15N/c1-3-25-34-29-22(30(35-25)36-15-19-7-8-20(16-36)37(19)26(38)11-12-33)10-9-21(28(29)32)23-14-17(2)13-18-5-4-6-24(31)27(18)23;1-7-5-8-3-2-4-9(8)6-7/h4-6,9-10,13-14,19-20H,3,7-8,11,15-16H2,1-2H3;7-8H,2-6H2,1H3/t;7-,8?/m.1/s1. The summed E-state index contributed by atoms with van der Waals surface area (Å²) in [6.07, 6.45) is 6.55. The molecule has 1 amide bonds. The molecule has 0 saturated carbocycles. The van der Waals surface area contributed by atoms with Gasteiger partial charge in [0.2, 0.25) is 5.91 Å². The highest BCUT2D eigenvalue weighted by atomic mass is 19.1. The van der Waals surface area contributed by atoms with Crippen LogP contribution in [0, 0.1) is 35.8 Å². The third-order valence-electron chi connectivity index (χ3n) is 10.5. The molecule has 4 aliphatic heterocycles. The summed E-state index contributed by atoms with van der Waals surface area (Å²) in [5.74, 6) is 1.14. The van der Waals surface area contributed by atoms with Crippen LogP contribution in [0.1, 0.15) is 63.8 Å². The van der Waals surface area contributed by atoms with Crippen LogP contribution in [0.25, 0.3) is 32.8 Å². The number of halogens is 2. The van der Waals surface area contributed by atoms with Gasteiger partial charge in [0.1, 0.15) is 29.4 Å². The van der Waals surface area contributed by atoms with E-state index >= 15 is 4.39 Å². The van der Waals surface area contributed by atoms with Crippen LogP contribution >= 0.6 is 0 Å². The third-order valence-corrected chi connectivity index (χ3v) is 10.5. The van der Waals surface area contributed by atoms with Crippen LogP contribution in [0.4, 0.5) is 14.6 Å². The van der Waals surface area contributed by atoms with Crippen molar-refractivity contribution in [3.8, 4) is 17.2 Å². The molecule has 4 aliphatic rings. The van der Waals surface area contributed by atoms with Crippen LogP contribution < -0.4 is 4.90 Å². The molecular formula is C38H42F2N6O. The molecule has 4 fully saturated rings. The highest BCUT2D eigenvalue weighted by molar-refractivity contribution is 6.01. The van der Waals surface area contributed by atoms with Gasteiger partial charge in [-0.25, -0.2) is 18.7 Å². The zero-order valence-corrected chi connectivity index (χ0v) is 27.5. The Morgan fingerprint density at radius 2 is 1.79 bits per heavy atom. The fraction of sp³-hybridized carbons (Fsp3) is 0.474. The summed E-state index contributed by atoms with van der Waals surface area (Å²) in [6, 6.07) is 15.1. The van der Waals surface area contributed by atoms with Gasteiger partial charge < -0.3 is 14.7 Å². The lowest BCUT2D eigenvalue weighted by atomic mass is 9.94. The molecule has 0 spiro atoms. The molecule has 0 aliphatic carbocycles. The minimum absolute atomic E-state index is 0.00422. The van der Waals surface area contributed by atoms with Crippen LogP contribution in [0.3, 0.4) is 0 Å². The molecule has 4 aromatic rings. The fourth-order valence-corrected chi connectivity index (χ4v) is 8.53. The maximum atomic E-state index is 16.3. The molecule has 0 N–H and O–H groups in total. The maximum absolute atomic E-state index is 16.3. The quantitative estimate of drug-likeness (QED) is 0.236. The highest BCUT2D eigenvalue weighted by Crippen LogP contribution is 2.39. The lowest BCUT2D eigenvalue weighted by molar-refractivity contribution is -0.133. The summed E-state index contributed by atoms with van der Waals surface area (Å²) < 4.78 is 31.3. The van der Waals surface area contributed by atoms with Crippen LogP contribution in [-0.4, -0.2) is 70.0 Å². The van der Waals surface area contributed by atoms with Gasteiger partial charge in [0.25, 0.3) is 0 Å². The number of piperazine rings is 1. The van der Waals surface area contributed by atoms with E-state index in [2.05, 4.69) is 21.7 Å². The van der Waals surface area contributed by atoms with Gasteiger partial charge in [-0.2, -0.15) is 5.26 Å². The van der Waals surface area contributed by atoms with Gasteiger partial charge >= 0.3 is 0 Å². The molecule has 4 atom stereocenters. The summed E-state index contributed by atoms with van der Waals surface area (Å²) in [6.45, 7) is 10.1. The largest absolute Gasteiger partial charge is 0.352 e. The molecule has 4 saturated heterocycles. The Hall–Kier alpha value is -4.16. The van der Waals surface area contributed by atoms with Gasteiger partial charge in [-0.15, -0.1) is 0 Å². The second-order valence-corrected chi connectivity index (χ2v) is 13.8. The second kappa shape index (κ2) is 12.8. The molecular weight excluding hydrogens is 594 g/mol. The first-order valence-electron chi connectivity index (χ1n) is 17.1. The van der Waals surface area contributed by atoms with Gasteiger partial charge in [0.05, 0.1) is 6.07 Å². The molecule has 1 aromatic heterocycles. The van der Waals surface area contributed by atoms with E-state index in [-0.39, 0.29) is 29.9 Å². The number of anilines is 1. The van der Waals surface area contributed by atoms with Gasteiger partial charge in [-0.1, -0.05) is 44.2 Å². The Morgan fingerprint density at radius 3 is 2.51 bits per heavy atom. The van der Waals surface area contributed by atoms with Crippen LogP contribution in [0.15, 0.2) is 42.5 Å². The second-order valence-electron chi connectivity index (χ2n) is 13.8. The number of nitriles is 1. The van der Waals surface area contributed by atoms with Crippen LogP contribution in [0.5, 0.6) is 0 Å². The van der Waals surface area contributed by atoms with Crippen molar-refractivity contribution < 1.29 is 13.6 Å². The average molecular weight is 637 g/mol. The zero-order valence-electron chi connectivity index (χ0n) is 27.5. The molecule has 5 heterocycles. The first kappa shape index (κ1) is 31.4. The van der Waals surface area contributed by atoms with Crippen molar-refractivity contribution in [2.45, 2.75) is 83.8 Å². The van der Waals surface area contributed by atoms with E-state index in [1.165, 1.54) is 38.4 Å². The van der Waals surface area contributed by atoms with E-state index in [9.17, 15) is 9.18 Å². The summed E-state index contributed by atoms with van der Waals surface area (Å²) in [7, 11) is 0. The first-order valence-corrected chi connectivity index (χ1v) is 17.1. The zero-order chi connectivity index (χ0) is 32.8. The number of rotatable bonds is 4. The lowest BCUT2D eigenvalue weighted by Crippen LogP contribution is -2.56. The Morgan fingerprint density at radius 1 is 1.00 bits per heavy atom. The lowest BCUT2D eigenvalue weighted by Gasteiger charge is -2.41. The third kappa shape index (κ3) is 5.82. The van der Waals surface area contributed by atoms with E-state index in [0.29, 0.717) is 53.1 Å². The van der Waals surface area contributed by atoms with Crippen molar-refractivity contribution in [2.75, 3.05) is 31.1 Å². The number of aromatic nitrogens is 2. The summed E-state index contributed by atoms with van der Waals surface area (Å²) in [5, 5.41) is 10.7. The Balaban J connectivity index is 0.000000334. The van der Waals surface area contributed by atoms with Crippen molar-refractivity contribution >= 4 is 33.4 Å². The van der Waals surface area contributed by atoms with Crippen molar-refractivity contribution in [1.29, 1.82) is 5.26 Å². The minimum atomic E-state index is -0.498. The fourth-order valence-electron chi connectivity index (χ4n) is 8.53. The maximum Gasteiger partial charge on any atom is 0.237 e. The number of hydrogen-bond acceptors (Lipinski definition) is 6. The molecule has 8 rings (SSSR count). The van der Waals surface area contributed by atoms with Gasteiger partial charge in [0.15, 0.2) is 5.82 Å². The van der Waals surface area contributed by atoms with Crippen molar-refractivity contribution in [3.63, 3.8) is 0 Å². The molecule has 47 heavy (non-hydrogen) atoms. The molecule has 0 radical (unpaired) electrons. The average Bonchev–Trinajstić information content (AvgIpc) is 3.71. The van der Waals surface area contributed by atoms with E-state index < -0.39 is 11.6 Å². The SMILES string of the molecule is CCc1nc(N2CC3CCC(C2)N3C(=O)CC#N)c2ccc(-c3cc(C)cc4cccc(F)c34)c(F)c2n1.C[C@@H]1CC2CCCN2C1. The van der Waals surface area contributed by atoms with Crippen molar-refractivity contribution in [1.82, 2.24) is 19.8 Å². The molecule has 3 unspecified atom stereocenters. The molecule has 244 valence electrons. The monoisotopic (exact) mass is 636 g/mol. The molecule has 3 aromatic carbocycles. The van der Waals surface area contributed by atoms with Gasteiger partial charge in [0, 0.05) is 60.5 Å². The van der Waals surface area contributed by atoms with Gasteiger partial charge in [-0.3, -0.25) is 4.79 Å². The van der Waals surface area contributed by atoms with Crippen molar-refractivity contribution in [2.24, 2.45) is 5.92 Å². The minimum Gasteiger partial charge on any atom is -0.352 e.